The van der Waals surface area contributed by atoms with Crippen LogP contribution in [0.1, 0.15) is 29.3 Å². The molecule has 1 atom stereocenters. The molecule has 7 heteroatoms. The number of amides is 2. The predicted molar refractivity (Wildman–Crippen MR) is 111 cm³/mol. The number of nitrogens with one attached hydrogen (secondary N) is 1. The fourth-order valence-electron chi connectivity index (χ4n) is 3.39. The molecule has 0 bridgehead atoms. The Morgan fingerprint density at radius 1 is 1.07 bits per heavy atom. The minimum Gasteiger partial charge on any atom is -0.455 e. The molecular formula is C23H24N2O5. The summed E-state index contributed by atoms with van der Waals surface area (Å²) in [6, 6.07) is 16.4. The van der Waals surface area contributed by atoms with Crippen LogP contribution in [-0.4, -0.2) is 48.2 Å². The average Bonchev–Trinajstić information content (AvgIpc) is 3.12. The van der Waals surface area contributed by atoms with E-state index in [9.17, 15) is 19.2 Å². The minimum atomic E-state index is -0.578. The lowest BCUT2D eigenvalue weighted by Gasteiger charge is -2.16. The number of Topliss-reactive ketones (excluding diaryl/α,β-unsaturated/α-hetero) is 1. The Morgan fingerprint density at radius 3 is 2.50 bits per heavy atom. The molecule has 1 N–H and O–H groups in total. The number of hydrogen-bond acceptors (Lipinski definition) is 5. The minimum absolute atomic E-state index is 0.0857. The summed E-state index contributed by atoms with van der Waals surface area (Å²) in [6.45, 7) is 1.76. The van der Waals surface area contributed by atoms with E-state index in [0.717, 1.165) is 5.56 Å². The van der Waals surface area contributed by atoms with Gasteiger partial charge in [-0.15, -0.1) is 0 Å². The molecule has 1 fully saturated rings. The van der Waals surface area contributed by atoms with Gasteiger partial charge < -0.3 is 15.0 Å². The van der Waals surface area contributed by atoms with Crippen molar-refractivity contribution in [2.24, 2.45) is 5.92 Å². The molecule has 0 spiro atoms. The quantitative estimate of drug-likeness (QED) is 0.535. The number of ether oxygens (including phenoxy) is 1. The maximum absolute atomic E-state index is 12.3. The van der Waals surface area contributed by atoms with Crippen molar-refractivity contribution in [2.45, 2.75) is 19.8 Å². The van der Waals surface area contributed by atoms with Crippen molar-refractivity contribution >= 4 is 29.3 Å². The van der Waals surface area contributed by atoms with Gasteiger partial charge >= 0.3 is 5.97 Å². The third-order valence-corrected chi connectivity index (χ3v) is 4.99. The lowest BCUT2D eigenvalue weighted by molar-refractivity contribution is -0.151. The number of benzene rings is 2. The van der Waals surface area contributed by atoms with Crippen LogP contribution < -0.4 is 5.32 Å². The average molecular weight is 408 g/mol. The third kappa shape index (κ3) is 5.53. The number of rotatable bonds is 8. The van der Waals surface area contributed by atoms with E-state index in [1.807, 2.05) is 30.3 Å². The maximum atomic E-state index is 12.3. The first-order valence-electron chi connectivity index (χ1n) is 9.82. The van der Waals surface area contributed by atoms with Gasteiger partial charge in [-0.2, -0.15) is 0 Å². The number of esters is 1. The normalized spacial score (nSPS) is 15.7. The Bertz CT molecular complexity index is 942. The number of carbonyl (C=O) groups excluding carboxylic acids is 4. The molecule has 2 aromatic rings. The van der Waals surface area contributed by atoms with E-state index in [1.165, 1.54) is 6.92 Å². The van der Waals surface area contributed by atoms with Crippen LogP contribution in [0.3, 0.4) is 0 Å². The topological polar surface area (TPSA) is 92.8 Å². The summed E-state index contributed by atoms with van der Waals surface area (Å²) in [5.41, 5.74) is 1.88. The van der Waals surface area contributed by atoms with Crippen LogP contribution in [0.15, 0.2) is 54.6 Å². The molecular weight excluding hydrogens is 384 g/mol. The van der Waals surface area contributed by atoms with Gasteiger partial charge in [0, 0.05) is 25.1 Å². The number of para-hydroxylation sites is 1. The molecule has 7 nitrogen and oxygen atoms in total. The van der Waals surface area contributed by atoms with Gasteiger partial charge in [-0.1, -0.05) is 42.5 Å². The molecule has 30 heavy (non-hydrogen) atoms. The fraction of sp³-hybridized carbons (Fsp3) is 0.304. The smallest absolute Gasteiger partial charge is 0.311 e. The van der Waals surface area contributed by atoms with Gasteiger partial charge in [-0.05, 0) is 31.0 Å². The number of ketones is 1. The van der Waals surface area contributed by atoms with E-state index in [-0.39, 0.29) is 18.1 Å². The first kappa shape index (κ1) is 21.2. The lowest BCUT2D eigenvalue weighted by Crippen LogP contribution is -2.29. The number of nitrogens with zero attached hydrogens (tertiary/aromatic N) is 1. The summed E-state index contributed by atoms with van der Waals surface area (Å²) in [5.74, 6) is -1.95. The SMILES string of the molecule is CC(=O)c1ccccc1NC(=O)COC(=O)[C@H]1CC(=O)N(CCc2ccccc2)C1. The summed E-state index contributed by atoms with van der Waals surface area (Å²) < 4.78 is 5.10. The molecule has 0 saturated carbocycles. The van der Waals surface area contributed by atoms with Crippen LogP contribution >= 0.6 is 0 Å². The number of hydrogen-bond donors (Lipinski definition) is 1. The molecule has 0 radical (unpaired) electrons. The molecule has 1 saturated heterocycles. The van der Waals surface area contributed by atoms with Crippen molar-refractivity contribution in [3.63, 3.8) is 0 Å². The molecule has 0 aliphatic carbocycles. The Balaban J connectivity index is 1.46. The van der Waals surface area contributed by atoms with Gasteiger partial charge in [0.25, 0.3) is 5.91 Å². The second-order valence-corrected chi connectivity index (χ2v) is 7.23. The van der Waals surface area contributed by atoms with Crippen molar-refractivity contribution < 1.29 is 23.9 Å². The van der Waals surface area contributed by atoms with Gasteiger partial charge in [0.1, 0.15) is 0 Å². The van der Waals surface area contributed by atoms with Gasteiger partial charge in [0.05, 0.1) is 11.6 Å². The molecule has 1 aliphatic heterocycles. The molecule has 0 aromatic heterocycles. The van der Waals surface area contributed by atoms with E-state index in [2.05, 4.69) is 5.32 Å². The Morgan fingerprint density at radius 2 is 1.77 bits per heavy atom. The highest BCUT2D eigenvalue weighted by Crippen LogP contribution is 2.20. The van der Waals surface area contributed by atoms with E-state index >= 15 is 0 Å². The van der Waals surface area contributed by atoms with E-state index in [0.29, 0.717) is 30.8 Å². The zero-order valence-corrected chi connectivity index (χ0v) is 16.8. The zero-order valence-electron chi connectivity index (χ0n) is 16.8. The van der Waals surface area contributed by atoms with Crippen molar-refractivity contribution in [2.75, 3.05) is 25.0 Å². The van der Waals surface area contributed by atoms with Crippen LogP contribution in [-0.2, 0) is 25.5 Å². The second kappa shape index (κ2) is 9.82. The van der Waals surface area contributed by atoms with Crippen molar-refractivity contribution in [3.8, 4) is 0 Å². The highest BCUT2D eigenvalue weighted by molar-refractivity contribution is 6.04. The Hall–Kier alpha value is -3.48. The number of carbonyl (C=O) groups is 4. The van der Waals surface area contributed by atoms with E-state index in [1.54, 1.807) is 29.2 Å². The molecule has 0 unspecified atom stereocenters. The van der Waals surface area contributed by atoms with Gasteiger partial charge in [0.15, 0.2) is 12.4 Å². The van der Waals surface area contributed by atoms with E-state index in [4.69, 9.17) is 4.74 Å². The maximum Gasteiger partial charge on any atom is 0.311 e. The molecule has 3 rings (SSSR count). The monoisotopic (exact) mass is 408 g/mol. The first-order valence-corrected chi connectivity index (χ1v) is 9.82. The van der Waals surface area contributed by atoms with Gasteiger partial charge in [0.2, 0.25) is 5.91 Å². The molecule has 2 aromatic carbocycles. The summed E-state index contributed by atoms with van der Waals surface area (Å²) >= 11 is 0. The Labute approximate surface area is 175 Å². The standard InChI is InChI=1S/C23H24N2O5/c1-16(26)19-9-5-6-10-20(19)24-21(27)15-30-23(29)18-13-22(28)25(14-18)12-11-17-7-3-2-4-8-17/h2-10,18H,11-15H2,1H3,(H,24,27)/t18-/m0/s1. The summed E-state index contributed by atoms with van der Waals surface area (Å²) in [4.78, 5) is 49.9. The van der Waals surface area contributed by atoms with Gasteiger partial charge in [-0.3, -0.25) is 19.2 Å². The summed E-state index contributed by atoms with van der Waals surface area (Å²) in [6.07, 6.45) is 0.800. The third-order valence-electron chi connectivity index (χ3n) is 4.99. The van der Waals surface area contributed by atoms with Crippen LogP contribution in [0.2, 0.25) is 0 Å². The first-order chi connectivity index (χ1) is 14.4. The van der Waals surface area contributed by atoms with Crippen molar-refractivity contribution in [1.29, 1.82) is 0 Å². The highest BCUT2D eigenvalue weighted by atomic mass is 16.5. The molecule has 2 amide bonds. The lowest BCUT2D eigenvalue weighted by atomic mass is 10.1. The van der Waals surface area contributed by atoms with Crippen LogP contribution in [0.5, 0.6) is 0 Å². The molecule has 156 valence electrons. The summed E-state index contributed by atoms with van der Waals surface area (Å²) in [7, 11) is 0. The molecule has 1 heterocycles. The van der Waals surface area contributed by atoms with E-state index < -0.39 is 24.4 Å². The van der Waals surface area contributed by atoms with Crippen LogP contribution in [0, 0.1) is 5.92 Å². The Kier molecular flexibility index (Phi) is 6.95. The van der Waals surface area contributed by atoms with Crippen LogP contribution in [0.4, 0.5) is 5.69 Å². The predicted octanol–water partition coefficient (Wildman–Crippen LogP) is 2.46. The zero-order chi connectivity index (χ0) is 21.5. The second-order valence-electron chi connectivity index (χ2n) is 7.23. The largest absolute Gasteiger partial charge is 0.455 e. The van der Waals surface area contributed by atoms with Crippen LogP contribution in [0.25, 0.3) is 0 Å². The fourth-order valence-corrected chi connectivity index (χ4v) is 3.39. The highest BCUT2D eigenvalue weighted by Gasteiger charge is 2.35. The summed E-state index contributed by atoms with van der Waals surface area (Å²) in [5, 5.41) is 2.58. The van der Waals surface area contributed by atoms with Crippen molar-refractivity contribution in [1.82, 2.24) is 4.90 Å². The number of anilines is 1. The number of likely N-dealkylation sites (tertiary alicyclic amines) is 1. The van der Waals surface area contributed by atoms with Crippen molar-refractivity contribution in [3.05, 3.63) is 65.7 Å². The molecule has 1 aliphatic rings. The van der Waals surface area contributed by atoms with Gasteiger partial charge in [-0.25, -0.2) is 0 Å².